The topological polar surface area (TPSA) is 86.8 Å². The number of hydrogen-bond donors (Lipinski definition) is 1. The minimum absolute atomic E-state index is 0.0418. The Morgan fingerprint density at radius 3 is 2.54 bits per heavy atom. The maximum Gasteiger partial charge on any atom is 0.258 e. The van der Waals surface area contributed by atoms with Crippen LogP contribution >= 0.6 is 0 Å². The van der Waals surface area contributed by atoms with Gasteiger partial charge in [0.05, 0.1) is 11.4 Å². The first kappa shape index (κ1) is 18.6. The predicted octanol–water partition coefficient (Wildman–Crippen LogP) is 1.40. The standard InChI is InChI=1S/C20H21N3O4S/c1-14-12-16-4-2-3-5-18(16)23(14)20(25)15-6-8-17(9-7-15)28(26,27)22-11-10-21-19(24)13-22/h2-9,14H,10-13H2,1H3,(H,21,24). The summed E-state index contributed by atoms with van der Waals surface area (Å²) in [5, 5.41) is 2.61. The van der Waals surface area contributed by atoms with E-state index in [0.717, 1.165) is 22.0 Å². The van der Waals surface area contributed by atoms with Gasteiger partial charge >= 0.3 is 0 Å². The normalized spacial score (nSPS) is 20.0. The van der Waals surface area contributed by atoms with E-state index < -0.39 is 10.0 Å². The van der Waals surface area contributed by atoms with Crippen molar-refractivity contribution in [3.8, 4) is 0 Å². The van der Waals surface area contributed by atoms with E-state index >= 15 is 0 Å². The molecule has 1 atom stereocenters. The van der Waals surface area contributed by atoms with Crippen LogP contribution in [0.15, 0.2) is 53.4 Å². The molecule has 2 aliphatic heterocycles. The fourth-order valence-corrected chi connectivity index (χ4v) is 5.15. The van der Waals surface area contributed by atoms with Crippen molar-refractivity contribution >= 4 is 27.5 Å². The maximum atomic E-state index is 13.0. The number of benzene rings is 2. The molecule has 28 heavy (non-hydrogen) atoms. The highest BCUT2D eigenvalue weighted by Crippen LogP contribution is 2.33. The van der Waals surface area contributed by atoms with E-state index in [2.05, 4.69) is 5.32 Å². The Bertz CT molecular complexity index is 1030. The Labute approximate surface area is 164 Å². The Hall–Kier alpha value is -2.71. The molecule has 2 heterocycles. The molecule has 2 aliphatic rings. The van der Waals surface area contributed by atoms with Gasteiger partial charge in [-0.25, -0.2) is 8.42 Å². The third-order valence-corrected chi connectivity index (χ3v) is 7.03. The number of para-hydroxylation sites is 1. The first-order valence-electron chi connectivity index (χ1n) is 9.16. The molecule has 146 valence electrons. The molecular weight excluding hydrogens is 378 g/mol. The zero-order chi connectivity index (χ0) is 19.9. The van der Waals surface area contributed by atoms with E-state index in [1.165, 1.54) is 24.3 Å². The SMILES string of the molecule is CC1Cc2ccccc2N1C(=O)c1ccc(S(=O)(=O)N2CCNC(=O)C2)cc1. The molecule has 2 amide bonds. The third kappa shape index (κ3) is 3.18. The zero-order valence-corrected chi connectivity index (χ0v) is 16.3. The van der Waals surface area contributed by atoms with Crippen molar-refractivity contribution in [1.82, 2.24) is 9.62 Å². The van der Waals surface area contributed by atoms with E-state index in [-0.39, 0.29) is 35.8 Å². The van der Waals surface area contributed by atoms with Gasteiger partial charge in [0, 0.05) is 30.4 Å². The number of sulfonamides is 1. The van der Waals surface area contributed by atoms with Gasteiger partial charge in [0.25, 0.3) is 5.91 Å². The average Bonchev–Trinajstić information content (AvgIpc) is 3.03. The smallest absolute Gasteiger partial charge is 0.258 e. The van der Waals surface area contributed by atoms with Crippen LogP contribution in [0.1, 0.15) is 22.8 Å². The number of piperazine rings is 1. The number of nitrogens with one attached hydrogen (secondary N) is 1. The highest BCUT2D eigenvalue weighted by atomic mass is 32.2. The number of amides is 2. The molecule has 1 fully saturated rings. The summed E-state index contributed by atoms with van der Waals surface area (Å²) in [5.74, 6) is -0.470. The Morgan fingerprint density at radius 2 is 1.82 bits per heavy atom. The van der Waals surface area contributed by atoms with Crippen molar-refractivity contribution in [2.75, 3.05) is 24.5 Å². The number of nitrogens with zero attached hydrogens (tertiary/aromatic N) is 2. The van der Waals surface area contributed by atoms with Crippen LogP contribution in [-0.2, 0) is 21.2 Å². The van der Waals surface area contributed by atoms with E-state index in [1.807, 2.05) is 31.2 Å². The van der Waals surface area contributed by atoms with Gasteiger partial charge in [-0.3, -0.25) is 9.59 Å². The highest BCUT2D eigenvalue weighted by molar-refractivity contribution is 7.89. The minimum atomic E-state index is -3.77. The van der Waals surface area contributed by atoms with Gasteiger partial charge in [-0.2, -0.15) is 4.31 Å². The van der Waals surface area contributed by atoms with E-state index in [1.54, 1.807) is 4.90 Å². The molecule has 4 rings (SSSR count). The lowest BCUT2D eigenvalue weighted by Crippen LogP contribution is -2.49. The molecule has 0 radical (unpaired) electrons. The Kier molecular flexibility index (Phi) is 4.68. The van der Waals surface area contributed by atoms with E-state index in [0.29, 0.717) is 12.1 Å². The number of rotatable bonds is 3. The second-order valence-electron chi connectivity index (χ2n) is 7.07. The lowest BCUT2D eigenvalue weighted by Gasteiger charge is -2.26. The summed E-state index contributed by atoms with van der Waals surface area (Å²) in [6, 6.07) is 13.8. The zero-order valence-electron chi connectivity index (χ0n) is 15.5. The van der Waals surface area contributed by atoms with Crippen LogP contribution in [0.4, 0.5) is 5.69 Å². The Balaban J connectivity index is 1.58. The molecule has 7 nitrogen and oxygen atoms in total. The Morgan fingerprint density at radius 1 is 1.11 bits per heavy atom. The predicted molar refractivity (Wildman–Crippen MR) is 105 cm³/mol. The quantitative estimate of drug-likeness (QED) is 0.845. The summed E-state index contributed by atoms with van der Waals surface area (Å²) < 4.78 is 26.6. The first-order chi connectivity index (χ1) is 13.4. The average molecular weight is 399 g/mol. The van der Waals surface area contributed by atoms with Gasteiger partial charge in [0.1, 0.15) is 0 Å². The summed E-state index contributed by atoms with van der Waals surface area (Å²) in [4.78, 5) is 26.4. The van der Waals surface area contributed by atoms with E-state index in [9.17, 15) is 18.0 Å². The van der Waals surface area contributed by atoms with Gasteiger partial charge in [-0.15, -0.1) is 0 Å². The van der Waals surface area contributed by atoms with Crippen LogP contribution in [0.5, 0.6) is 0 Å². The number of carbonyl (C=O) groups is 2. The fourth-order valence-electron chi connectivity index (χ4n) is 3.75. The van der Waals surface area contributed by atoms with Crippen LogP contribution < -0.4 is 10.2 Å². The van der Waals surface area contributed by atoms with Crippen molar-refractivity contribution in [1.29, 1.82) is 0 Å². The number of hydrogen-bond acceptors (Lipinski definition) is 4. The molecule has 0 aromatic heterocycles. The second kappa shape index (κ2) is 7.03. The van der Waals surface area contributed by atoms with Crippen LogP contribution in [0.3, 0.4) is 0 Å². The molecule has 8 heteroatoms. The number of fused-ring (bicyclic) bond motifs is 1. The summed E-state index contributed by atoms with van der Waals surface area (Å²) in [5.41, 5.74) is 2.46. The minimum Gasteiger partial charge on any atom is -0.354 e. The molecule has 0 aliphatic carbocycles. The fraction of sp³-hybridized carbons (Fsp3) is 0.300. The molecular formula is C20H21N3O4S. The maximum absolute atomic E-state index is 13.0. The summed E-state index contributed by atoms with van der Waals surface area (Å²) in [6.45, 7) is 2.33. The molecule has 2 aromatic rings. The van der Waals surface area contributed by atoms with Gasteiger partial charge in [-0.05, 0) is 49.2 Å². The lowest BCUT2D eigenvalue weighted by molar-refractivity contribution is -0.122. The largest absolute Gasteiger partial charge is 0.354 e. The summed E-state index contributed by atoms with van der Waals surface area (Å²) in [6.07, 6.45) is 0.797. The third-order valence-electron chi connectivity index (χ3n) is 5.17. The number of anilines is 1. The monoisotopic (exact) mass is 399 g/mol. The van der Waals surface area contributed by atoms with Gasteiger partial charge in [-0.1, -0.05) is 18.2 Å². The first-order valence-corrected chi connectivity index (χ1v) is 10.6. The van der Waals surface area contributed by atoms with Crippen molar-refractivity contribution < 1.29 is 18.0 Å². The van der Waals surface area contributed by atoms with Gasteiger partial charge in [0.2, 0.25) is 15.9 Å². The van der Waals surface area contributed by atoms with Crippen LogP contribution in [0, 0.1) is 0 Å². The van der Waals surface area contributed by atoms with Crippen LogP contribution in [0.2, 0.25) is 0 Å². The van der Waals surface area contributed by atoms with Crippen molar-refractivity contribution in [3.63, 3.8) is 0 Å². The molecule has 0 spiro atoms. The van der Waals surface area contributed by atoms with Crippen molar-refractivity contribution in [2.45, 2.75) is 24.3 Å². The van der Waals surface area contributed by atoms with Crippen LogP contribution in [0.25, 0.3) is 0 Å². The van der Waals surface area contributed by atoms with E-state index in [4.69, 9.17) is 0 Å². The van der Waals surface area contributed by atoms with Gasteiger partial charge in [0.15, 0.2) is 0 Å². The molecule has 0 saturated carbocycles. The summed E-state index contributed by atoms with van der Waals surface area (Å²) in [7, 11) is -3.77. The number of carbonyl (C=O) groups excluding carboxylic acids is 2. The molecule has 0 bridgehead atoms. The molecule has 1 saturated heterocycles. The molecule has 1 unspecified atom stereocenters. The highest BCUT2D eigenvalue weighted by Gasteiger charge is 2.32. The van der Waals surface area contributed by atoms with Crippen molar-refractivity contribution in [3.05, 3.63) is 59.7 Å². The van der Waals surface area contributed by atoms with Crippen molar-refractivity contribution in [2.24, 2.45) is 0 Å². The van der Waals surface area contributed by atoms with Gasteiger partial charge < -0.3 is 10.2 Å². The summed E-state index contributed by atoms with van der Waals surface area (Å²) >= 11 is 0. The lowest BCUT2D eigenvalue weighted by atomic mass is 10.1. The molecule has 1 N–H and O–H groups in total. The second-order valence-corrected chi connectivity index (χ2v) is 9.01. The molecule has 2 aromatic carbocycles. The van der Waals surface area contributed by atoms with Crippen LogP contribution in [-0.4, -0.2) is 50.2 Å².